The molecule has 0 bridgehead atoms. The van der Waals surface area contributed by atoms with Gasteiger partial charge in [-0.15, -0.1) is 24.9 Å². The van der Waals surface area contributed by atoms with Gasteiger partial charge in [0.05, 0.1) is 4.90 Å². The van der Waals surface area contributed by atoms with E-state index in [0.29, 0.717) is 23.7 Å². The van der Waals surface area contributed by atoms with Gasteiger partial charge in [0.2, 0.25) is 0 Å². The quantitative estimate of drug-likeness (QED) is 0.304. The van der Waals surface area contributed by atoms with Crippen LogP contribution < -0.4 is 9.47 Å². The van der Waals surface area contributed by atoms with Crippen molar-refractivity contribution in [3.05, 3.63) is 48.0 Å². The fraction of sp³-hybridized carbons (Fsp3) is 0.381. The minimum absolute atomic E-state index is 0.207. The molecular formula is C21H24F3NO4S2. The zero-order valence-corrected chi connectivity index (χ0v) is 18.8. The Labute approximate surface area is 188 Å². The summed E-state index contributed by atoms with van der Waals surface area (Å²) < 4.78 is 49.4. The fourth-order valence-electron chi connectivity index (χ4n) is 2.60. The SMILES string of the molecule is CCCN(CCSc1ccc(OCC(=O)O)c(C)c1)Sc1ccccc1OC(F)(F)F. The normalized spacial score (nSPS) is 11.5. The summed E-state index contributed by atoms with van der Waals surface area (Å²) in [7, 11) is 0. The van der Waals surface area contributed by atoms with E-state index < -0.39 is 18.9 Å². The van der Waals surface area contributed by atoms with Crippen molar-refractivity contribution < 1.29 is 32.5 Å². The van der Waals surface area contributed by atoms with E-state index in [0.717, 1.165) is 22.6 Å². The molecule has 0 fully saturated rings. The topological polar surface area (TPSA) is 59.0 Å². The molecule has 0 atom stereocenters. The van der Waals surface area contributed by atoms with Gasteiger partial charge in [-0.3, -0.25) is 0 Å². The van der Waals surface area contributed by atoms with E-state index in [2.05, 4.69) is 4.74 Å². The summed E-state index contributed by atoms with van der Waals surface area (Å²) >= 11 is 2.86. The van der Waals surface area contributed by atoms with E-state index in [1.54, 1.807) is 30.0 Å². The van der Waals surface area contributed by atoms with E-state index in [1.165, 1.54) is 24.1 Å². The fourth-order valence-corrected chi connectivity index (χ4v) is 4.77. The molecule has 31 heavy (non-hydrogen) atoms. The molecule has 0 saturated heterocycles. The smallest absolute Gasteiger partial charge is 0.482 e. The maximum atomic E-state index is 12.7. The summed E-state index contributed by atoms with van der Waals surface area (Å²) in [6.07, 6.45) is -3.88. The Bertz CT molecular complexity index is 865. The van der Waals surface area contributed by atoms with E-state index in [4.69, 9.17) is 9.84 Å². The third-order valence-corrected chi connectivity index (χ3v) is 6.01. The van der Waals surface area contributed by atoms with Gasteiger partial charge in [-0.1, -0.05) is 19.1 Å². The van der Waals surface area contributed by atoms with Gasteiger partial charge in [-0.05, 0) is 61.2 Å². The number of rotatable bonds is 12. The Balaban J connectivity index is 1.95. The number of thioether (sulfide) groups is 1. The molecule has 0 aliphatic heterocycles. The van der Waals surface area contributed by atoms with Crippen LogP contribution in [0, 0.1) is 6.92 Å². The van der Waals surface area contributed by atoms with Gasteiger partial charge < -0.3 is 14.6 Å². The number of nitrogens with zero attached hydrogens (tertiary/aromatic N) is 1. The third kappa shape index (κ3) is 9.32. The first-order chi connectivity index (χ1) is 14.7. The summed E-state index contributed by atoms with van der Waals surface area (Å²) in [6.45, 7) is 4.83. The number of carboxylic acids is 1. The van der Waals surface area contributed by atoms with E-state index in [-0.39, 0.29) is 5.75 Å². The molecule has 0 unspecified atom stereocenters. The minimum atomic E-state index is -4.74. The van der Waals surface area contributed by atoms with E-state index in [9.17, 15) is 18.0 Å². The van der Waals surface area contributed by atoms with Crippen LogP contribution in [0.2, 0.25) is 0 Å². The van der Waals surface area contributed by atoms with Crippen LogP contribution in [0.3, 0.4) is 0 Å². The standard InChI is InChI=1S/C21H24F3NO4S2/c1-3-10-25(31-19-7-5-4-6-18(19)29-21(22,23)24)11-12-30-16-8-9-17(15(2)13-16)28-14-20(26)27/h4-9,13H,3,10-12,14H2,1-2H3,(H,26,27). The van der Waals surface area contributed by atoms with Crippen LogP contribution in [0.1, 0.15) is 18.9 Å². The molecule has 0 aliphatic carbocycles. The Morgan fingerprint density at radius 1 is 1.13 bits per heavy atom. The van der Waals surface area contributed by atoms with Crippen LogP contribution in [0.15, 0.2) is 52.3 Å². The molecule has 10 heteroatoms. The Hall–Kier alpha value is -2.04. The predicted octanol–water partition coefficient (Wildman–Crippen LogP) is 5.87. The van der Waals surface area contributed by atoms with Crippen molar-refractivity contribution in [3.8, 4) is 11.5 Å². The number of para-hydroxylation sites is 1. The van der Waals surface area contributed by atoms with Crippen molar-refractivity contribution >= 4 is 29.7 Å². The van der Waals surface area contributed by atoms with Crippen LogP contribution in [0.4, 0.5) is 13.2 Å². The number of halogens is 3. The number of benzene rings is 2. The molecule has 0 saturated carbocycles. The maximum absolute atomic E-state index is 12.7. The molecule has 0 aromatic heterocycles. The lowest BCUT2D eigenvalue weighted by molar-refractivity contribution is -0.275. The number of ether oxygens (including phenoxy) is 2. The molecule has 1 N–H and O–H groups in total. The highest BCUT2D eigenvalue weighted by Crippen LogP contribution is 2.35. The molecule has 0 aliphatic rings. The molecular weight excluding hydrogens is 451 g/mol. The van der Waals surface area contributed by atoms with Crippen molar-refractivity contribution in [2.45, 2.75) is 36.4 Å². The average molecular weight is 476 g/mol. The summed E-state index contributed by atoms with van der Waals surface area (Å²) in [6, 6.07) is 11.6. The second-order valence-corrected chi connectivity index (χ2v) is 8.78. The summed E-state index contributed by atoms with van der Waals surface area (Å²) in [5, 5.41) is 8.71. The van der Waals surface area contributed by atoms with E-state index in [1.807, 2.05) is 30.3 Å². The number of alkyl halides is 3. The number of carbonyl (C=O) groups is 1. The molecule has 170 valence electrons. The van der Waals surface area contributed by atoms with Crippen molar-refractivity contribution in [1.29, 1.82) is 0 Å². The average Bonchev–Trinajstić information content (AvgIpc) is 2.67. The second kappa shape index (κ2) is 12.1. The Morgan fingerprint density at radius 3 is 2.52 bits per heavy atom. The van der Waals surface area contributed by atoms with Gasteiger partial charge in [-0.2, -0.15) is 0 Å². The lowest BCUT2D eigenvalue weighted by Crippen LogP contribution is -2.21. The lowest BCUT2D eigenvalue weighted by Gasteiger charge is -2.22. The van der Waals surface area contributed by atoms with Gasteiger partial charge in [0, 0.05) is 23.7 Å². The molecule has 0 heterocycles. The lowest BCUT2D eigenvalue weighted by atomic mass is 10.2. The first kappa shape index (κ1) is 25.2. The monoisotopic (exact) mass is 475 g/mol. The number of aliphatic carboxylic acids is 1. The van der Waals surface area contributed by atoms with E-state index >= 15 is 0 Å². The van der Waals surface area contributed by atoms with Crippen molar-refractivity contribution in [2.75, 3.05) is 25.4 Å². The van der Waals surface area contributed by atoms with Gasteiger partial charge in [-0.25, -0.2) is 9.10 Å². The number of hydrogen-bond donors (Lipinski definition) is 1. The molecule has 2 aromatic rings. The molecule has 0 amide bonds. The zero-order valence-electron chi connectivity index (χ0n) is 17.1. The van der Waals surface area contributed by atoms with Crippen LogP contribution in [0.25, 0.3) is 0 Å². The number of aryl methyl sites for hydroxylation is 1. The third-order valence-electron chi connectivity index (χ3n) is 3.88. The molecule has 5 nitrogen and oxygen atoms in total. The van der Waals surface area contributed by atoms with Gasteiger partial charge in [0.1, 0.15) is 11.5 Å². The summed E-state index contributed by atoms with van der Waals surface area (Å²) in [5.74, 6) is 0.00967. The van der Waals surface area contributed by atoms with Crippen molar-refractivity contribution in [2.24, 2.45) is 0 Å². The van der Waals surface area contributed by atoms with Gasteiger partial charge in [0.25, 0.3) is 0 Å². The van der Waals surface area contributed by atoms with Crippen LogP contribution in [-0.2, 0) is 4.79 Å². The highest BCUT2D eigenvalue weighted by Gasteiger charge is 2.32. The van der Waals surface area contributed by atoms with Gasteiger partial charge in [0.15, 0.2) is 6.61 Å². The van der Waals surface area contributed by atoms with Crippen LogP contribution >= 0.6 is 23.7 Å². The Morgan fingerprint density at radius 2 is 1.87 bits per heavy atom. The molecule has 2 aromatic carbocycles. The number of carboxylic acid groups (broad SMARTS) is 1. The summed E-state index contributed by atoms with van der Waals surface area (Å²) in [4.78, 5) is 12.0. The summed E-state index contributed by atoms with van der Waals surface area (Å²) in [5.41, 5.74) is 0.837. The first-order valence-electron chi connectivity index (χ1n) is 9.53. The minimum Gasteiger partial charge on any atom is -0.482 e. The Kier molecular flexibility index (Phi) is 9.86. The highest BCUT2D eigenvalue weighted by atomic mass is 32.2. The van der Waals surface area contributed by atoms with Gasteiger partial charge >= 0.3 is 12.3 Å². The van der Waals surface area contributed by atoms with Crippen LogP contribution in [-0.4, -0.2) is 47.2 Å². The molecule has 0 spiro atoms. The highest BCUT2D eigenvalue weighted by molar-refractivity contribution is 7.99. The number of hydrogen-bond acceptors (Lipinski definition) is 6. The molecule has 0 radical (unpaired) electrons. The predicted molar refractivity (Wildman–Crippen MR) is 116 cm³/mol. The first-order valence-corrected chi connectivity index (χ1v) is 11.3. The largest absolute Gasteiger partial charge is 0.573 e. The van der Waals surface area contributed by atoms with Crippen LogP contribution in [0.5, 0.6) is 11.5 Å². The molecule has 2 rings (SSSR count). The van der Waals surface area contributed by atoms with Crippen molar-refractivity contribution in [1.82, 2.24) is 4.31 Å². The van der Waals surface area contributed by atoms with Crippen molar-refractivity contribution in [3.63, 3.8) is 0 Å². The second-order valence-electron chi connectivity index (χ2n) is 6.47. The zero-order chi connectivity index (χ0) is 22.9. The maximum Gasteiger partial charge on any atom is 0.573 e.